The number of para-hydroxylation sites is 2. The molecule has 0 atom stereocenters. The first kappa shape index (κ1) is 41.5. The minimum Gasteiger partial charge on any atom is -0.545 e. The molecular formula is C36H43N3NiO8+2. The van der Waals surface area contributed by atoms with Crippen molar-refractivity contribution in [2.24, 2.45) is 0 Å². The molecule has 0 amide bonds. The second-order valence-electron chi connectivity index (χ2n) is 10.2. The zero-order chi connectivity index (χ0) is 31.7. The van der Waals surface area contributed by atoms with Gasteiger partial charge in [0.15, 0.2) is 0 Å². The molecule has 1 aliphatic rings. The van der Waals surface area contributed by atoms with Crippen LogP contribution in [-0.2, 0) is 40.5 Å². The molecular weight excluding hydrogens is 661 g/mol. The van der Waals surface area contributed by atoms with Crippen molar-refractivity contribution in [1.82, 2.24) is 16.0 Å². The number of hydrogen-bond acceptors (Lipinski definition) is 9. The van der Waals surface area contributed by atoms with Crippen LogP contribution >= 0.6 is 0 Å². The van der Waals surface area contributed by atoms with E-state index in [1.165, 1.54) is 35.4 Å². The first-order valence-electron chi connectivity index (χ1n) is 14.8. The Kier molecular flexibility index (Phi) is 19.8. The molecule has 11 nitrogen and oxygen atoms in total. The normalized spacial score (nSPS) is 13.4. The van der Waals surface area contributed by atoms with Crippen LogP contribution in [0.2, 0.25) is 0 Å². The van der Waals surface area contributed by atoms with Gasteiger partial charge in [0.05, 0.1) is 11.9 Å². The summed E-state index contributed by atoms with van der Waals surface area (Å²) in [5.74, 6) is -0.576. The third-order valence-corrected chi connectivity index (χ3v) is 6.89. The Morgan fingerprint density at radius 1 is 0.542 bits per heavy atom. The standard InChI is InChI=1S/C20H27N3O2.C16H12O4.Ni.2H2O/c1-3-7-19-17(5-1)15-22-11-9-21-10-12-23-16-18-6-2-4-8-20(18)25-14-13-24-19;17-15(18)13-7-3-11(4-8-13)1-2-12-5-9-14(10-6-12)16(19)20;;;/h1-8,21-23H,9-16H2;1-10H,(H,17,18)(H,19,20);;2*1H2/q;;+2;;/b;2-1+;;;. The largest absolute Gasteiger partial charge is 2.00 e. The van der Waals surface area contributed by atoms with E-state index in [-0.39, 0.29) is 38.6 Å². The van der Waals surface area contributed by atoms with Crippen LogP contribution in [0, 0.1) is 0 Å². The number of aromatic carboxylic acids is 2. The van der Waals surface area contributed by atoms with E-state index in [0.717, 1.165) is 61.9 Å². The number of benzene rings is 4. The molecule has 12 heteroatoms. The molecule has 4 aromatic carbocycles. The third-order valence-electron chi connectivity index (χ3n) is 6.89. The molecule has 0 bridgehead atoms. The molecule has 0 fully saturated rings. The smallest absolute Gasteiger partial charge is 0.545 e. The van der Waals surface area contributed by atoms with E-state index >= 15 is 0 Å². The van der Waals surface area contributed by atoms with Crippen LogP contribution in [0.4, 0.5) is 0 Å². The van der Waals surface area contributed by atoms with Gasteiger partial charge in [-0.25, -0.2) is 0 Å². The van der Waals surface area contributed by atoms with Crippen molar-refractivity contribution >= 4 is 24.1 Å². The van der Waals surface area contributed by atoms with E-state index in [9.17, 15) is 19.8 Å². The average Bonchev–Trinajstić information content (AvgIpc) is 3.06. The maximum absolute atomic E-state index is 10.6. The Bertz CT molecular complexity index is 1430. The summed E-state index contributed by atoms with van der Waals surface area (Å²) in [5.41, 5.74) is 4.27. The van der Waals surface area contributed by atoms with E-state index in [0.29, 0.717) is 13.2 Å². The van der Waals surface area contributed by atoms with Crippen LogP contribution in [0.5, 0.6) is 11.5 Å². The molecule has 0 aliphatic carbocycles. The SMILES string of the molecule is O=C([O-])c1ccc(/C=C/c2ccc(C(=O)[O-])cc2)cc1.[Ni+2].[OH3+].[OH3+].c1ccc2c(c1)CNCCNCCNCc1ccccc1OCCO2. The minimum atomic E-state index is -1.21. The van der Waals surface area contributed by atoms with Crippen molar-refractivity contribution in [3.05, 3.63) is 130 Å². The second-order valence-corrected chi connectivity index (χ2v) is 10.2. The van der Waals surface area contributed by atoms with Crippen molar-refractivity contribution in [3.8, 4) is 11.5 Å². The zero-order valence-corrected chi connectivity index (χ0v) is 27.5. The van der Waals surface area contributed by atoms with Crippen LogP contribution in [0.1, 0.15) is 43.0 Å². The number of carboxylic acids is 2. The van der Waals surface area contributed by atoms with Gasteiger partial charge in [-0.2, -0.15) is 0 Å². The van der Waals surface area contributed by atoms with Gasteiger partial charge in [-0.05, 0) is 34.4 Å². The molecule has 0 spiro atoms. The second kappa shape index (κ2) is 22.9. The molecule has 1 heterocycles. The molecule has 1 aliphatic heterocycles. The van der Waals surface area contributed by atoms with Crippen LogP contribution in [0.25, 0.3) is 12.2 Å². The van der Waals surface area contributed by atoms with Crippen LogP contribution < -0.4 is 35.6 Å². The molecule has 4 aromatic rings. The van der Waals surface area contributed by atoms with Crippen LogP contribution in [0.15, 0.2) is 97.1 Å². The van der Waals surface area contributed by atoms with Crippen molar-refractivity contribution in [2.45, 2.75) is 13.1 Å². The van der Waals surface area contributed by atoms with Gasteiger partial charge in [-0.15, -0.1) is 0 Å². The summed E-state index contributed by atoms with van der Waals surface area (Å²) in [5, 5.41) is 31.5. The molecule has 0 saturated heterocycles. The molecule has 48 heavy (non-hydrogen) atoms. The Morgan fingerprint density at radius 2 is 0.896 bits per heavy atom. The number of carbonyl (C=O) groups is 2. The predicted molar refractivity (Wildman–Crippen MR) is 180 cm³/mol. The molecule has 0 radical (unpaired) electrons. The minimum absolute atomic E-state index is 0. The summed E-state index contributed by atoms with van der Waals surface area (Å²) in [4.78, 5) is 21.2. The van der Waals surface area contributed by atoms with E-state index in [4.69, 9.17) is 9.47 Å². The number of ether oxygens (including phenoxy) is 2. The van der Waals surface area contributed by atoms with Crippen molar-refractivity contribution in [2.75, 3.05) is 39.4 Å². The summed E-state index contributed by atoms with van der Waals surface area (Å²) in [6.07, 6.45) is 3.60. The molecule has 0 saturated carbocycles. The molecule has 9 N–H and O–H groups in total. The van der Waals surface area contributed by atoms with Crippen molar-refractivity contribution < 1.29 is 56.7 Å². The van der Waals surface area contributed by atoms with Gasteiger partial charge in [-0.1, -0.05) is 97.1 Å². The number of carbonyl (C=O) groups excluding carboxylic acids is 2. The Labute approximate surface area is 290 Å². The number of rotatable bonds is 4. The maximum atomic E-state index is 10.6. The van der Waals surface area contributed by atoms with Gasteiger partial charge in [-0.3, -0.25) is 0 Å². The summed E-state index contributed by atoms with van der Waals surface area (Å²) >= 11 is 0. The van der Waals surface area contributed by atoms with Crippen LogP contribution in [-0.4, -0.2) is 51.3 Å². The number of hydrogen-bond donors (Lipinski definition) is 3. The van der Waals surface area contributed by atoms with Gasteiger partial charge in [0, 0.05) is 50.4 Å². The van der Waals surface area contributed by atoms with E-state index in [1.54, 1.807) is 36.4 Å². The van der Waals surface area contributed by atoms with Gasteiger partial charge in [0.1, 0.15) is 24.7 Å². The summed E-state index contributed by atoms with van der Waals surface area (Å²) in [7, 11) is 0. The third kappa shape index (κ3) is 14.1. The fraction of sp³-hybridized carbons (Fsp3) is 0.222. The quantitative estimate of drug-likeness (QED) is 0.155. The van der Waals surface area contributed by atoms with Gasteiger partial charge >= 0.3 is 16.5 Å². The van der Waals surface area contributed by atoms with Crippen molar-refractivity contribution in [1.29, 1.82) is 0 Å². The van der Waals surface area contributed by atoms with Gasteiger partial charge < -0.3 is 56.2 Å². The van der Waals surface area contributed by atoms with Gasteiger partial charge in [0.25, 0.3) is 0 Å². The fourth-order valence-electron chi connectivity index (χ4n) is 4.46. The number of fused-ring (bicyclic) bond motifs is 2. The van der Waals surface area contributed by atoms with Crippen LogP contribution in [0.3, 0.4) is 0 Å². The number of nitrogens with one attached hydrogen (secondary N) is 3. The Balaban J connectivity index is 0.000000462. The Hall–Kier alpha value is -4.55. The fourth-order valence-corrected chi connectivity index (χ4v) is 4.46. The zero-order valence-electron chi connectivity index (χ0n) is 26.5. The molecule has 0 unspecified atom stereocenters. The topological polar surface area (TPSA) is 201 Å². The van der Waals surface area contributed by atoms with E-state index < -0.39 is 11.9 Å². The molecule has 0 aromatic heterocycles. The summed E-state index contributed by atoms with van der Waals surface area (Å²) < 4.78 is 11.9. The maximum Gasteiger partial charge on any atom is 2.00 e. The van der Waals surface area contributed by atoms with E-state index in [2.05, 4.69) is 28.1 Å². The average molecular weight is 704 g/mol. The van der Waals surface area contributed by atoms with Crippen molar-refractivity contribution in [3.63, 3.8) is 0 Å². The monoisotopic (exact) mass is 703 g/mol. The predicted octanol–water partition coefficient (Wildman–Crippen LogP) is 0.665. The van der Waals surface area contributed by atoms with E-state index in [1.807, 2.05) is 36.4 Å². The summed E-state index contributed by atoms with van der Waals surface area (Å²) in [6.45, 7) is 6.43. The Morgan fingerprint density at radius 3 is 1.27 bits per heavy atom. The van der Waals surface area contributed by atoms with Gasteiger partial charge in [0.2, 0.25) is 0 Å². The first-order valence-corrected chi connectivity index (χ1v) is 14.8. The summed E-state index contributed by atoms with van der Waals surface area (Å²) in [6, 6.07) is 28.9. The molecule has 258 valence electrons. The number of carboxylic acid groups (broad SMARTS) is 2. The molecule has 5 rings (SSSR count). The first-order chi connectivity index (χ1) is 22.0.